The maximum Gasteiger partial charge on any atom is 0.311 e. The van der Waals surface area contributed by atoms with Crippen LogP contribution in [-0.2, 0) is 33.3 Å². The summed E-state index contributed by atoms with van der Waals surface area (Å²) >= 11 is 3.51. The van der Waals surface area contributed by atoms with E-state index in [1.54, 1.807) is 62.3 Å². The quantitative estimate of drug-likeness (QED) is 0.227. The van der Waals surface area contributed by atoms with Gasteiger partial charge in [-0.05, 0) is 121 Å². The molecule has 0 spiro atoms. The molecule has 8 nitrogen and oxygen atoms in total. The highest BCUT2D eigenvalue weighted by Gasteiger charge is 2.51. The monoisotopic (exact) mass is 673 g/mol. The lowest BCUT2D eigenvalue weighted by atomic mass is 9.82. The minimum atomic E-state index is -0.999. The lowest BCUT2D eigenvalue weighted by molar-refractivity contribution is -0.240. The van der Waals surface area contributed by atoms with Gasteiger partial charge in [0.05, 0.1) is 33.7 Å². The molecule has 3 rings (SSSR count). The van der Waals surface area contributed by atoms with Crippen molar-refractivity contribution in [3.63, 3.8) is 0 Å². The van der Waals surface area contributed by atoms with Crippen molar-refractivity contribution >= 4 is 33.8 Å². The third-order valence-corrected chi connectivity index (χ3v) is 8.44. The van der Waals surface area contributed by atoms with Gasteiger partial charge >= 0.3 is 17.9 Å². The van der Waals surface area contributed by atoms with Gasteiger partial charge < -0.3 is 18.9 Å². The largest absolute Gasteiger partial charge is 0.462 e. The van der Waals surface area contributed by atoms with Crippen LogP contribution in [0.4, 0.5) is 0 Å². The smallest absolute Gasteiger partial charge is 0.311 e. The Morgan fingerprint density at radius 2 is 1.36 bits per heavy atom. The molecule has 242 valence electrons. The Bertz CT molecular complexity index is 1380. The zero-order valence-electron chi connectivity index (χ0n) is 28.2. The van der Waals surface area contributed by atoms with Crippen LogP contribution < -0.4 is 0 Å². The lowest BCUT2D eigenvalue weighted by Gasteiger charge is -2.46. The van der Waals surface area contributed by atoms with Crippen LogP contribution in [0.25, 0.3) is 11.3 Å². The lowest BCUT2D eigenvalue weighted by Crippen LogP contribution is -2.57. The Kier molecular flexibility index (Phi) is 10.8. The molecule has 0 amide bonds. The molecule has 44 heavy (non-hydrogen) atoms. The van der Waals surface area contributed by atoms with Gasteiger partial charge in [0.1, 0.15) is 18.8 Å². The summed E-state index contributed by atoms with van der Waals surface area (Å²) < 4.78 is 25.5. The zero-order valence-corrected chi connectivity index (χ0v) is 29.7. The molecule has 1 aliphatic rings. The Hall–Kier alpha value is -2.78. The molecule has 0 aliphatic carbocycles. The summed E-state index contributed by atoms with van der Waals surface area (Å²) in [6, 6.07) is 9.97. The average Bonchev–Trinajstić information content (AvgIpc) is 2.89. The van der Waals surface area contributed by atoms with Crippen LogP contribution in [0.2, 0.25) is 0 Å². The van der Waals surface area contributed by atoms with E-state index < -0.39 is 64.5 Å². The first-order valence-corrected chi connectivity index (χ1v) is 15.9. The highest BCUT2D eigenvalue weighted by molar-refractivity contribution is 9.10. The Labute approximate surface area is 270 Å². The molecule has 0 N–H and O–H groups in total. The molecule has 0 unspecified atom stereocenters. The van der Waals surface area contributed by atoms with Crippen LogP contribution >= 0.6 is 15.9 Å². The average molecular weight is 675 g/mol. The van der Waals surface area contributed by atoms with E-state index in [0.717, 1.165) is 32.6 Å². The summed E-state index contributed by atoms with van der Waals surface area (Å²) in [4.78, 5) is 44.0. The van der Waals surface area contributed by atoms with Crippen molar-refractivity contribution in [3.05, 3.63) is 51.6 Å². The summed E-state index contributed by atoms with van der Waals surface area (Å²) in [5, 5.41) is 0. The van der Waals surface area contributed by atoms with Gasteiger partial charge in [-0.15, -0.1) is 0 Å². The second-order valence-corrected chi connectivity index (χ2v) is 15.7. The summed E-state index contributed by atoms with van der Waals surface area (Å²) in [7, 11) is 0. The molecule has 1 aliphatic heterocycles. The third kappa shape index (κ3) is 8.47. The van der Waals surface area contributed by atoms with Crippen molar-refractivity contribution < 1.29 is 33.3 Å². The number of benzene rings is 1. The number of aromatic nitrogens is 1. The second kappa shape index (κ2) is 13.3. The van der Waals surface area contributed by atoms with Crippen molar-refractivity contribution in [2.75, 3.05) is 6.61 Å². The fraction of sp³-hybridized carbons (Fsp3) is 0.600. The molecular formula is C35H48BrNO7. The van der Waals surface area contributed by atoms with Crippen LogP contribution in [-0.4, -0.2) is 47.8 Å². The van der Waals surface area contributed by atoms with Gasteiger partial charge in [-0.25, -0.2) is 0 Å². The maximum absolute atomic E-state index is 13.3. The number of pyridine rings is 1. The number of halogens is 1. The number of aryl methyl sites for hydroxylation is 2. The van der Waals surface area contributed by atoms with Gasteiger partial charge in [0.25, 0.3) is 0 Å². The molecule has 1 saturated heterocycles. The van der Waals surface area contributed by atoms with Crippen molar-refractivity contribution in [2.45, 2.75) is 108 Å². The van der Waals surface area contributed by atoms with Crippen molar-refractivity contribution in [3.8, 4) is 11.3 Å². The highest BCUT2D eigenvalue weighted by Crippen LogP contribution is 2.42. The molecule has 0 bridgehead atoms. The predicted molar refractivity (Wildman–Crippen MR) is 173 cm³/mol. The van der Waals surface area contributed by atoms with Crippen LogP contribution in [0, 0.1) is 36.0 Å². The number of hydrogen-bond acceptors (Lipinski definition) is 8. The van der Waals surface area contributed by atoms with Gasteiger partial charge in [-0.1, -0.05) is 19.1 Å². The summed E-state index contributed by atoms with van der Waals surface area (Å²) in [6.07, 6.45) is -3.30. The summed E-state index contributed by atoms with van der Waals surface area (Å²) in [5.41, 5.74) is 2.16. The summed E-state index contributed by atoms with van der Waals surface area (Å²) in [6.45, 7) is 21.6. The number of esters is 3. The normalized spacial score (nSPS) is 22.7. The molecule has 9 heteroatoms. The Balaban J connectivity index is 2.08. The predicted octanol–water partition coefficient (Wildman–Crippen LogP) is 7.71. The van der Waals surface area contributed by atoms with E-state index in [9.17, 15) is 14.4 Å². The molecule has 0 radical (unpaired) electrons. The number of carbonyl (C=O) groups excluding carboxylic acids is 3. The number of rotatable bonds is 6. The van der Waals surface area contributed by atoms with Gasteiger partial charge in [-0.2, -0.15) is 0 Å². The standard InChI is InChI=1S/C35H48BrNO7/c1-19-17-22(25-16-15-24(36)21(3)37-25)13-14-23(19)27-20(2)28(43-31(39)34(7,8)9)29(44-32(40)35(10,11)12)26(42-27)18-41-30(38)33(4,5)6/h13-17,20,26-29H,18H2,1-12H3/t20-,26-,27+,28-,29-/m1/s1. The van der Waals surface area contributed by atoms with Gasteiger partial charge in [0.2, 0.25) is 0 Å². The fourth-order valence-corrected chi connectivity index (χ4v) is 4.94. The van der Waals surface area contributed by atoms with Crippen LogP contribution in [0.3, 0.4) is 0 Å². The highest BCUT2D eigenvalue weighted by atomic mass is 79.9. The van der Waals surface area contributed by atoms with Gasteiger partial charge in [0, 0.05) is 16.0 Å². The maximum atomic E-state index is 13.3. The topological polar surface area (TPSA) is 101 Å². The number of nitrogens with zero attached hydrogens (tertiary/aromatic N) is 1. The van der Waals surface area contributed by atoms with Crippen molar-refractivity contribution in [1.29, 1.82) is 0 Å². The minimum absolute atomic E-state index is 0.176. The molecule has 2 aromatic rings. The number of carbonyl (C=O) groups is 3. The van der Waals surface area contributed by atoms with E-state index in [-0.39, 0.29) is 6.61 Å². The number of hydrogen-bond donors (Lipinski definition) is 0. The van der Waals surface area contributed by atoms with E-state index in [2.05, 4.69) is 22.0 Å². The van der Waals surface area contributed by atoms with E-state index >= 15 is 0 Å². The first kappa shape index (κ1) is 35.7. The fourth-order valence-electron chi connectivity index (χ4n) is 4.71. The zero-order chi connectivity index (χ0) is 33.4. The molecular weight excluding hydrogens is 626 g/mol. The Morgan fingerprint density at radius 1 is 0.818 bits per heavy atom. The molecule has 1 aromatic heterocycles. The first-order chi connectivity index (χ1) is 20.1. The van der Waals surface area contributed by atoms with E-state index in [0.29, 0.717) is 0 Å². The van der Waals surface area contributed by atoms with Crippen molar-refractivity contribution in [2.24, 2.45) is 22.2 Å². The second-order valence-electron chi connectivity index (χ2n) is 14.9. The van der Waals surface area contributed by atoms with E-state index in [4.69, 9.17) is 23.9 Å². The minimum Gasteiger partial charge on any atom is -0.462 e. The van der Waals surface area contributed by atoms with Crippen LogP contribution in [0.15, 0.2) is 34.8 Å². The Morgan fingerprint density at radius 3 is 1.86 bits per heavy atom. The van der Waals surface area contributed by atoms with E-state index in [1.807, 2.05) is 45.0 Å². The van der Waals surface area contributed by atoms with E-state index in [1.165, 1.54) is 0 Å². The van der Waals surface area contributed by atoms with Crippen molar-refractivity contribution in [1.82, 2.24) is 4.98 Å². The third-order valence-electron chi connectivity index (χ3n) is 7.60. The van der Waals surface area contributed by atoms with Gasteiger partial charge in [0.15, 0.2) is 6.10 Å². The molecule has 0 saturated carbocycles. The molecule has 2 heterocycles. The molecule has 1 fully saturated rings. The van der Waals surface area contributed by atoms with Crippen LogP contribution in [0.1, 0.15) is 92.2 Å². The molecule has 1 aromatic carbocycles. The summed E-state index contributed by atoms with van der Waals surface area (Å²) in [5.74, 6) is -1.73. The van der Waals surface area contributed by atoms with Crippen LogP contribution in [0.5, 0.6) is 0 Å². The van der Waals surface area contributed by atoms with Gasteiger partial charge in [-0.3, -0.25) is 19.4 Å². The first-order valence-electron chi connectivity index (χ1n) is 15.1. The number of ether oxygens (including phenoxy) is 4. The SMILES string of the molecule is Cc1cc(-c2ccc(Br)c(C)n2)ccc1[C@H]1O[C@H](COC(=O)C(C)(C)C)[C@@H](OC(=O)C(C)(C)C)[C@H](OC(=O)C(C)(C)C)[C@@H]1C. The molecule has 5 atom stereocenters.